The number of nitrogens with zero attached hydrogens (tertiary/aromatic N) is 1. The van der Waals surface area contributed by atoms with Gasteiger partial charge in [0.1, 0.15) is 5.84 Å². The zero-order chi connectivity index (χ0) is 18.7. The maximum absolute atomic E-state index is 12.4. The van der Waals surface area contributed by atoms with E-state index in [2.05, 4.69) is 15.0 Å². The van der Waals surface area contributed by atoms with Crippen LogP contribution in [0.5, 0.6) is 0 Å². The summed E-state index contributed by atoms with van der Waals surface area (Å²) in [5.41, 5.74) is 0.307. The lowest BCUT2D eigenvalue weighted by molar-refractivity contribution is -0.148. The molecule has 1 heterocycles. The minimum Gasteiger partial charge on any atom is -0.455 e. The quantitative estimate of drug-likeness (QED) is 0.723. The molecule has 0 bridgehead atoms. The Balaban J connectivity index is 1.58. The smallest absolute Gasteiger partial charge is 0.309 e. The zero-order valence-electron chi connectivity index (χ0n) is 14.4. The van der Waals surface area contributed by atoms with E-state index in [-0.39, 0.29) is 16.8 Å². The van der Waals surface area contributed by atoms with E-state index in [9.17, 15) is 18.0 Å². The number of carbonyl (C=O) groups excluding carboxylic acids is 2. The highest BCUT2D eigenvalue weighted by Gasteiger charge is 2.40. The lowest BCUT2D eigenvalue weighted by Gasteiger charge is -2.10. The van der Waals surface area contributed by atoms with Gasteiger partial charge in [0.2, 0.25) is 0 Å². The molecule has 0 spiro atoms. The topological polar surface area (TPSA) is 114 Å². The first-order valence-corrected chi connectivity index (χ1v) is 9.96. The number of nitrogens with one attached hydrogen (secondary N) is 2. The van der Waals surface area contributed by atoms with Crippen LogP contribution in [0.3, 0.4) is 0 Å². The third kappa shape index (κ3) is 4.60. The Kier molecular flexibility index (Phi) is 5.26. The number of aliphatic imine (C=N–C) groups is 1. The third-order valence-electron chi connectivity index (χ3n) is 4.31. The van der Waals surface area contributed by atoms with E-state index in [1.54, 1.807) is 6.07 Å². The summed E-state index contributed by atoms with van der Waals surface area (Å²) in [5, 5.41) is 2.54. The summed E-state index contributed by atoms with van der Waals surface area (Å²) < 4.78 is 32.2. The molecule has 9 heteroatoms. The first-order valence-electron chi connectivity index (χ1n) is 8.48. The first kappa shape index (κ1) is 18.4. The fourth-order valence-electron chi connectivity index (χ4n) is 2.67. The molecule has 0 aromatic heterocycles. The normalized spacial score (nSPS) is 21.7. The van der Waals surface area contributed by atoms with Crippen molar-refractivity contribution in [3.63, 3.8) is 0 Å². The molecule has 1 saturated carbocycles. The summed E-state index contributed by atoms with van der Waals surface area (Å²) in [6.45, 7) is 2.17. The summed E-state index contributed by atoms with van der Waals surface area (Å²) in [6, 6.07) is 5.87. The molecule has 26 heavy (non-hydrogen) atoms. The monoisotopic (exact) mass is 379 g/mol. The molecular weight excluding hydrogens is 358 g/mol. The summed E-state index contributed by atoms with van der Waals surface area (Å²) in [5.74, 6) is -0.245. The summed E-state index contributed by atoms with van der Waals surface area (Å²) in [6.07, 6.45) is 2.21. The van der Waals surface area contributed by atoms with Crippen molar-refractivity contribution in [2.75, 3.05) is 18.5 Å². The van der Waals surface area contributed by atoms with Gasteiger partial charge in [0.25, 0.3) is 15.9 Å². The van der Waals surface area contributed by atoms with E-state index >= 15 is 0 Å². The van der Waals surface area contributed by atoms with Gasteiger partial charge < -0.3 is 10.1 Å². The van der Waals surface area contributed by atoms with Crippen LogP contribution in [0.2, 0.25) is 0 Å². The van der Waals surface area contributed by atoms with Gasteiger partial charge in [0, 0.05) is 18.7 Å². The molecular formula is C17H21N3O5S. The van der Waals surface area contributed by atoms with Crippen molar-refractivity contribution in [1.82, 2.24) is 4.72 Å². The first-order chi connectivity index (χ1) is 12.3. The second kappa shape index (κ2) is 7.45. The Morgan fingerprint density at radius 1 is 1.35 bits per heavy atom. The van der Waals surface area contributed by atoms with Crippen LogP contribution < -0.4 is 10.0 Å². The summed E-state index contributed by atoms with van der Waals surface area (Å²) >= 11 is 0. The SMILES string of the molecule is C[C@@H]1C[C@H]1C(=O)OCC(=O)Nc1cccc(S(=O)(=O)NC2=NCCC2)c1. The standard InChI is InChI=1S/C17H21N3O5S/c1-11-8-14(11)17(22)25-10-16(21)19-12-4-2-5-13(9-12)26(23,24)20-15-6-3-7-18-15/h2,4-5,9,11,14H,3,6-8,10H2,1H3,(H,18,20)(H,19,21)/t11-,14-/m1/s1. The molecule has 2 aliphatic rings. The predicted molar refractivity (Wildman–Crippen MR) is 95.2 cm³/mol. The number of amidine groups is 1. The Morgan fingerprint density at radius 2 is 2.12 bits per heavy atom. The third-order valence-corrected chi connectivity index (χ3v) is 5.69. The summed E-state index contributed by atoms with van der Waals surface area (Å²) in [4.78, 5) is 27.6. The number of hydrogen-bond donors (Lipinski definition) is 2. The molecule has 1 aliphatic heterocycles. The van der Waals surface area contributed by atoms with Crippen LogP contribution in [-0.2, 0) is 24.3 Å². The predicted octanol–water partition coefficient (Wildman–Crippen LogP) is 1.29. The number of sulfonamides is 1. The van der Waals surface area contributed by atoms with Gasteiger partial charge in [-0.25, -0.2) is 8.42 Å². The second-order valence-electron chi connectivity index (χ2n) is 6.54. The van der Waals surface area contributed by atoms with Crippen LogP contribution in [0.15, 0.2) is 34.2 Å². The van der Waals surface area contributed by atoms with Crippen molar-refractivity contribution in [3.05, 3.63) is 24.3 Å². The molecule has 1 aromatic carbocycles. The molecule has 3 rings (SSSR count). The largest absolute Gasteiger partial charge is 0.455 e. The highest BCUT2D eigenvalue weighted by molar-refractivity contribution is 7.90. The average Bonchev–Trinajstić information content (AvgIpc) is 3.11. The molecule has 0 radical (unpaired) electrons. The minimum atomic E-state index is -3.75. The molecule has 2 N–H and O–H groups in total. The number of esters is 1. The van der Waals surface area contributed by atoms with Crippen molar-refractivity contribution in [3.8, 4) is 0 Å². The van der Waals surface area contributed by atoms with E-state index in [4.69, 9.17) is 4.74 Å². The molecule has 8 nitrogen and oxygen atoms in total. The highest BCUT2D eigenvalue weighted by atomic mass is 32.2. The molecule has 0 unspecified atom stereocenters. The fourth-order valence-corrected chi connectivity index (χ4v) is 3.80. The van der Waals surface area contributed by atoms with Crippen LogP contribution in [0.25, 0.3) is 0 Å². The van der Waals surface area contributed by atoms with Gasteiger partial charge in [0.15, 0.2) is 6.61 Å². The van der Waals surface area contributed by atoms with Crippen molar-refractivity contribution in [2.24, 2.45) is 16.8 Å². The lowest BCUT2D eigenvalue weighted by atomic mass is 10.3. The number of rotatable bonds is 6. The van der Waals surface area contributed by atoms with Gasteiger partial charge in [-0.2, -0.15) is 0 Å². The van der Waals surface area contributed by atoms with E-state index in [1.165, 1.54) is 18.2 Å². The summed E-state index contributed by atoms with van der Waals surface area (Å²) in [7, 11) is -3.75. The number of ether oxygens (including phenoxy) is 1. The fraction of sp³-hybridized carbons (Fsp3) is 0.471. The average molecular weight is 379 g/mol. The van der Waals surface area contributed by atoms with Crippen LogP contribution in [0, 0.1) is 11.8 Å². The van der Waals surface area contributed by atoms with Crippen LogP contribution >= 0.6 is 0 Å². The highest BCUT2D eigenvalue weighted by Crippen LogP contribution is 2.38. The van der Waals surface area contributed by atoms with Gasteiger partial charge in [-0.3, -0.25) is 19.3 Å². The number of carbonyl (C=O) groups is 2. The van der Waals surface area contributed by atoms with Gasteiger partial charge in [0.05, 0.1) is 10.8 Å². The molecule has 1 fully saturated rings. The van der Waals surface area contributed by atoms with Crippen molar-refractivity contribution in [1.29, 1.82) is 0 Å². The van der Waals surface area contributed by atoms with E-state index < -0.39 is 22.5 Å². The van der Waals surface area contributed by atoms with E-state index in [0.717, 1.165) is 12.8 Å². The molecule has 0 saturated heterocycles. The van der Waals surface area contributed by atoms with Gasteiger partial charge in [-0.05, 0) is 37.0 Å². The van der Waals surface area contributed by atoms with E-state index in [0.29, 0.717) is 30.4 Å². The minimum absolute atomic E-state index is 0.0219. The Labute approximate surface area is 152 Å². The van der Waals surface area contributed by atoms with Gasteiger partial charge in [-0.1, -0.05) is 13.0 Å². The van der Waals surface area contributed by atoms with Crippen LogP contribution in [-0.4, -0.2) is 39.3 Å². The zero-order valence-corrected chi connectivity index (χ0v) is 15.2. The molecule has 1 aliphatic carbocycles. The number of benzene rings is 1. The second-order valence-corrected chi connectivity index (χ2v) is 8.22. The lowest BCUT2D eigenvalue weighted by Crippen LogP contribution is -2.29. The Bertz CT molecular complexity index is 850. The maximum atomic E-state index is 12.4. The molecule has 1 aromatic rings. The number of anilines is 1. The van der Waals surface area contributed by atoms with Gasteiger partial charge in [-0.15, -0.1) is 0 Å². The van der Waals surface area contributed by atoms with E-state index in [1.807, 2.05) is 6.92 Å². The maximum Gasteiger partial charge on any atom is 0.309 e. The number of hydrogen-bond acceptors (Lipinski definition) is 6. The molecule has 1 amide bonds. The van der Waals surface area contributed by atoms with Crippen molar-refractivity contribution < 1.29 is 22.7 Å². The van der Waals surface area contributed by atoms with Gasteiger partial charge >= 0.3 is 5.97 Å². The Morgan fingerprint density at radius 3 is 2.77 bits per heavy atom. The van der Waals surface area contributed by atoms with Crippen LogP contribution in [0.1, 0.15) is 26.2 Å². The van der Waals surface area contributed by atoms with Crippen molar-refractivity contribution >= 4 is 33.4 Å². The Hall–Kier alpha value is -2.42. The number of amides is 1. The molecule has 2 atom stereocenters. The van der Waals surface area contributed by atoms with Crippen molar-refractivity contribution in [2.45, 2.75) is 31.1 Å². The molecule has 140 valence electrons. The van der Waals surface area contributed by atoms with Crippen LogP contribution in [0.4, 0.5) is 5.69 Å².